The molecule has 4 nitrogen and oxygen atoms in total. The molecule has 19 heavy (non-hydrogen) atoms. The van der Waals surface area contributed by atoms with Crippen LogP contribution in [0.4, 0.5) is 4.39 Å². The van der Waals surface area contributed by atoms with Crippen LogP contribution in [0, 0.1) is 11.7 Å². The third-order valence-electron chi connectivity index (χ3n) is 3.55. The largest absolute Gasteiger partial charge is 0.469 e. The van der Waals surface area contributed by atoms with Crippen LogP contribution in [0.3, 0.4) is 0 Å². The van der Waals surface area contributed by atoms with Gasteiger partial charge in [0.05, 0.1) is 13.0 Å². The Bertz CT molecular complexity index is 465. The van der Waals surface area contributed by atoms with E-state index in [0.29, 0.717) is 25.2 Å². The highest BCUT2D eigenvalue weighted by atomic mass is 19.1. The number of nitrogens with two attached hydrogens (primary N) is 1. The van der Waals surface area contributed by atoms with Crippen molar-refractivity contribution in [2.45, 2.75) is 19.5 Å². The van der Waals surface area contributed by atoms with E-state index in [1.165, 1.54) is 13.2 Å². The van der Waals surface area contributed by atoms with Gasteiger partial charge in [-0.2, -0.15) is 0 Å². The highest BCUT2D eigenvalue weighted by molar-refractivity contribution is 5.72. The number of carbonyl (C=O) groups is 1. The number of rotatable bonds is 4. The van der Waals surface area contributed by atoms with Crippen molar-refractivity contribution in [1.29, 1.82) is 0 Å². The molecule has 0 amide bonds. The Kier molecular flexibility index (Phi) is 4.50. The number of hydrogen-bond acceptors (Lipinski definition) is 4. The minimum atomic E-state index is -0.232. The van der Waals surface area contributed by atoms with Crippen LogP contribution < -0.4 is 5.73 Å². The molecule has 1 heterocycles. The summed E-state index contributed by atoms with van der Waals surface area (Å²) in [6.45, 7) is 2.28. The Hall–Kier alpha value is -1.46. The van der Waals surface area contributed by atoms with Crippen LogP contribution in [-0.4, -0.2) is 31.1 Å². The number of esters is 1. The first kappa shape index (κ1) is 14.0. The van der Waals surface area contributed by atoms with Gasteiger partial charge >= 0.3 is 5.97 Å². The fraction of sp³-hybridized carbons (Fsp3) is 0.500. The highest BCUT2D eigenvalue weighted by Gasteiger charge is 2.29. The molecular formula is C14H19FN2O2. The topological polar surface area (TPSA) is 55.6 Å². The van der Waals surface area contributed by atoms with Crippen molar-refractivity contribution in [3.05, 3.63) is 35.1 Å². The van der Waals surface area contributed by atoms with E-state index in [1.807, 2.05) is 6.07 Å². The van der Waals surface area contributed by atoms with Gasteiger partial charge in [0.15, 0.2) is 0 Å². The van der Waals surface area contributed by atoms with Crippen molar-refractivity contribution >= 4 is 5.97 Å². The molecule has 1 atom stereocenters. The molecule has 0 aromatic heterocycles. The second-order valence-corrected chi connectivity index (χ2v) is 4.87. The zero-order valence-corrected chi connectivity index (χ0v) is 11.1. The van der Waals surface area contributed by atoms with Crippen molar-refractivity contribution in [3.63, 3.8) is 0 Å². The maximum Gasteiger partial charge on any atom is 0.310 e. The fourth-order valence-corrected chi connectivity index (χ4v) is 2.42. The monoisotopic (exact) mass is 266 g/mol. The van der Waals surface area contributed by atoms with Gasteiger partial charge in [0.2, 0.25) is 0 Å². The molecule has 5 heteroatoms. The highest BCUT2D eigenvalue weighted by Crippen LogP contribution is 2.21. The molecule has 0 radical (unpaired) electrons. The molecule has 0 aliphatic carbocycles. The van der Waals surface area contributed by atoms with Gasteiger partial charge in [-0.05, 0) is 24.6 Å². The lowest BCUT2D eigenvalue weighted by Crippen LogP contribution is -2.24. The summed E-state index contributed by atoms with van der Waals surface area (Å²) in [5.74, 6) is -0.498. The standard InChI is InChI=1S/C14H19FN2O2/c1-19-14(18)12-4-5-17(9-12)8-11-3-2-10(7-16)6-13(11)15/h2-3,6,12H,4-5,7-9,16H2,1H3. The van der Waals surface area contributed by atoms with Gasteiger partial charge in [-0.15, -0.1) is 0 Å². The first-order valence-corrected chi connectivity index (χ1v) is 6.41. The lowest BCUT2D eigenvalue weighted by molar-refractivity contribution is -0.144. The van der Waals surface area contributed by atoms with Crippen LogP contribution in [0.5, 0.6) is 0 Å². The number of nitrogens with zero attached hydrogens (tertiary/aromatic N) is 1. The number of methoxy groups -OCH3 is 1. The van der Waals surface area contributed by atoms with Crippen LogP contribution in [-0.2, 0) is 22.6 Å². The average Bonchev–Trinajstić information content (AvgIpc) is 2.88. The predicted octanol–water partition coefficient (Wildman–Crippen LogP) is 1.28. The van der Waals surface area contributed by atoms with Crippen LogP contribution in [0.25, 0.3) is 0 Å². The number of benzene rings is 1. The summed E-state index contributed by atoms with van der Waals surface area (Å²) in [5.41, 5.74) is 6.90. The first-order chi connectivity index (χ1) is 9.13. The predicted molar refractivity (Wildman–Crippen MR) is 69.7 cm³/mol. The molecule has 1 fully saturated rings. The number of carbonyl (C=O) groups excluding carboxylic acids is 1. The van der Waals surface area contributed by atoms with Gasteiger partial charge in [-0.1, -0.05) is 12.1 Å². The number of hydrogen-bond donors (Lipinski definition) is 1. The van der Waals surface area contributed by atoms with Crippen LogP contribution >= 0.6 is 0 Å². The summed E-state index contributed by atoms with van der Waals surface area (Å²) in [5, 5.41) is 0. The summed E-state index contributed by atoms with van der Waals surface area (Å²) >= 11 is 0. The molecule has 2 N–H and O–H groups in total. The zero-order valence-electron chi connectivity index (χ0n) is 11.1. The smallest absolute Gasteiger partial charge is 0.310 e. The second-order valence-electron chi connectivity index (χ2n) is 4.87. The average molecular weight is 266 g/mol. The Balaban J connectivity index is 1.97. The third-order valence-corrected chi connectivity index (χ3v) is 3.55. The number of halogens is 1. The minimum absolute atomic E-state index is 0.0867. The summed E-state index contributed by atoms with van der Waals surface area (Å²) in [4.78, 5) is 13.5. The van der Waals surface area contributed by atoms with E-state index in [-0.39, 0.29) is 17.7 Å². The molecule has 1 aromatic rings. The van der Waals surface area contributed by atoms with E-state index in [2.05, 4.69) is 4.90 Å². The first-order valence-electron chi connectivity index (χ1n) is 6.41. The summed E-state index contributed by atoms with van der Waals surface area (Å²) in [7, 11) is 1.40. The van der Waals surface area contributed by atoms with Crippen molar-refractivity contribution in [2.24, 2.45) is 11.7 Å². The van der Waals surface area contributed by atoms with Gasteiger partial charge < -0.3 is 10.5 Å². The Labute approximate surface area is 112 Å². The lowest BCUT2D eigenvalue weighted by atomic mass is 10.1. The van der Waals surface area contributed by atoms with Gasteiger partial charge in [-0.25, -0.2) is 4.39 Å². The SMILES string of the molecule is COC(=O)C1CCN(Cc2ccc(CN)cc2F)C1. The van der Waals surface area contributed by atoms with E-state index in [9.17, 15) is 9.18 Å². The molecule has 2 rings (SSSR count). The molecule has 1 aromatic carbocycles. The van der Waals surface area contributed by atoms with Gasteiger partial charge in [0.25, 0.3) is 0 Å². The van der Waals surface area contributed by atoms with Crippen molar-refractivity contribution in [2.75, 3.05) is 20.2 Å². The van der Waals surface area contributed by atoms with Crippen molar-refractivity contribution in [3.8, 4) is 0 Å². The Morgan fingerprint density at radius 3 is 3.00 bits per heavy atom. The second kappa shape index (κ2) is 6.12. The van der Waals surface area contributed by atoms with E-state index in [4.69, 9.17) is 10.5 Å². The molecule has 1 aliphatic rings. The lowest BCUT2D eigenvalue weighted by Gasteiger charge is -2.16. The molecule has 1 saturated heterocycles. The summed E-state index contributed by atoms with van der Waals surface area (Å²) < 4.78 is 18.6. The maximum absolute atomic E-state index is 13.8. The maximum atomic E-state index is 13.8. The molecule has 0 spiro atoms. The fourth-order valence-electron chi connectivity index (χ4n) is 2.42. The molecule has 1 unspecified atom stereocenters. The van der Waals surface area contributed by atoms with Crippen molar-refractivity contribution < 1.29 is 13.9 Å². The summed E-state index contributed by atoms with van der Waals surface area (Å²) in [6, 6.07) is 5.08. The Morgan fingerprint density at radius 1 is 1.58 bits per heavy atom. The number of likely N-dealkylation sites (tertiary alicyclic amines) is 1. The zero-order chi connectivity index (χ0) is 13.8. The van der Waals surface area contributed by atoms with Gasteiger partial charge in [-0.3, -0.25) is 9.69 Å². The van der Waals surface area contributed by atoms with E-state index in [1.54, 1.807) is 6.07 Å². The normalized spacial score (nSPS) is 19.6. The number of ether oxygens (including phenoxy) is 1. The molecule has 0 bridgehead atoms. The molecule has 1 aliphatic heterocycles. The van der Waals surface area contributed by atoms with Crippen LogP contribution in [0.15, 0.2) is 18.2 Å². The van der Waals surface area contributed by atoms with Crippen LogP contribution in [0.2, 0.25) is 0 Å². The summed E-state index contributed by atoms with van der Waals surface area (Å²) in [6.07, 6.45) is 0.773. The Morgan fingerprint density at radius 2 is 2.37 bits per heavy atom. The van der Waals surface area contributed by atoms with Gasteiger partial charge in [0.1, 0.15) is 5.82 Å². The van der Waals surface area contributed by atoms with Gasteiger partial charge in [0, 0.05) is 25.2 Å². The molecule has 0 saturated carbocycles. The molecule has 104 valence electrons. The quantitative estimate of drug-likeness (QED) is 0.834. The van der Waals surface area contributed by atoms with Crippen LogP contribution in [0.1, 0.15) is 17.5 Å². The minimum Gasteiger partial charge on any atom is -0.469 e. The third kappa shape index (κ3) is 3.30. The molecular weight excluding hydrogens is 247 g/mol. The van der Waals surface area contributed by atoms with E-state index >= 15 is 0 Å². The van der Waals surface area contributed by atoms with E-state index in [0.717, 1.165) is 18.5 Å². The van der Waals surface area contributed by atoms with Crippen molar-refractivity contribution in [1.82, 2.24) is 4.90 Å². The van der Waals surface area contributed by atoms with E-state index < -0.39 is 0 Å².